The molecule has 0 unspecified atom stereocenters. The lowest BCUT2D eigenvalue weighted by atomic mass is 9.64. The van der Waals surface area contributed by atoms with Gasteiger partial charge in [-0.05, 0) is 43.4 Å². The van der Waals surface area contributed by atoms with Crippen molar-refractivity contribution in [2.24, 2.45) is 17.3 Å². The van der Waals surface area contributed by atoms with Crippen LogP contribution in [0.15, 0.2) is 30.3 Å². The monoisotopic (exact) mass is 329 g/mol. The van der Waals surface area contributed by atoms with Crippen LogP contribution in [0, 0.1) is 17.3 Å². The SMILES string of the molecule is CC1(C)[C@@H]2CC[C@@H](C2)[C@]1(C)NC(=O)C[N+](C)(C)Cc1ccccc1. The number of carbonyl (C=O) groups excluding carboxylic acids is 1. The number of likely N-dealkylation sites (N-methyl/N-ethyl adjacent to an activating group) is 1. The van der Waals surface area contributed by atoms with Gasteiger partial charge in [0.25, 0.3) is 5.91 Å². The summed E-state index contributed by atoms with van der Waals surface area (Å²) in [5, 5.41) is 3.46. The molecule has 0 heterocycles. The summed E-state index contributed by atoms with van der Waals surface area (Å²) in [4.78, 5) is 12.8. The van der Waals surface area contributed by atoms with E-state index in [2.05, 4.69) is 64.4 Å². The summed E-state index contributed by atoms with van der Waals surface area (Å²) >= 11 is 0. The Morgan fingerprint density at radius 2 is 1.75 bits per heavy atom. The van der Waals surface area contributed by atoms with Crippen molar-refractivity contribution in [3.63, 3.8) is 0 Å². The molecule has 2 bridgehead atoms. The molecule has 1 N–H and O–H groups in total. The second-order valence-electron chi connectivity index (χ2n) is 9.42. The Bertz CT molecular complexity index is 608. The molecule has 3 nitrogen and oxygen atoms in total. The van der Waals surface area contributed by atoms with Crippen LogP contribution in [0.5, 0.6) is 0 Å². The molecule has 3 heteroatoms. The highest BCUT2D eigenvalue weighted by Gasteiger charge is 2.61. The van der Waals surface area contributed by atoms with E-state index in [1.54, 1.807) is 0 Å². The fourth-order valence-electron chi connectivity index (χ4n) is 5.23. The molecular formula is C21H33N2O+. The lowest BCUT2D eigenvalue weighted by Crippen LogP contribution is -2.61. The van der Waals surface area contributed by atoms with E-state index in [9.17, 15) is 4.79 Å². The van der Waals surface area contributed by atoms with Gasteiger partial charge in [-0.1, -0.05) is 44.2 Å². The van der Waals surface area contributed by atoms with E-state index >= 15 is 0 Å². The lowest BCUT2D eigenvalue weighted by Gasteiger charge is -2.48. The summed E-state index contributed by atoms with van der Waals surface area (Å²) in [6.07, 6.45) is 3.89. The largest absolute Gasteiger partial charge is 0.345 e. The van der Waals surface area contributed by atoms with Crippen molar-refractivity contribution in [2.45, 2.75) is 52.1 Å². The minimum atomic E-state index is -0.0558. The summed E-state index contributed by atoms with van der Waals surface area (Å²) < 4.78 is 0.681. The van der Waals surface area contributed by atoms with Crippen LogP contribution in [0.3, 0.4) is 0 Å². The Kier molecular flexibility index (Phi) is 4.28. The zero-order valence-electron chi connectivity index (χ0n) is 15.9. The zero-order chi connectivity index (χ0) is 17.6. The quantitative estimate of drug-likeness (QED) is 0.822. The van der Waals surface area contributed by atoms with Gasteiger partial charge in [0.05, 0.1) is 14.1 Å². The lowest BCUT2D eigenvalue weighted by molar-refractivity contribution is -0.895. The first kappa shape index (κ1) is 17.5. The number of benzene rings is 1. The van der Waals surface area contributed by atoms with Crippen molar-refractivity contribution >= 4 is 5.91 Å². The maximum atomic E-state index is 12.8. The molecule has 0 aromatic heterocycles. The van der Waals surface area contributed by atoms with E-state index in [0.29, 0.717) is 16.9 Å². The minimum absolute atomic E-state index is 0.0558. The van der Waals surface area contributed by atoms with Crippen LogP contribution in [0.1, 0.15) is 45.6 Å². The van der Waals surface area contributed by atoms with Gasteiger partial charge in [0.2, 0.25) is 0 Å². The maximum Gasteiger partial charge on any atom is 0.275 e. The minimum Gasteiger partial charge on any atom is -0.345 e. The van der Waals surface area contributed by atoms with Gasteiger partial charge in [-0.2, -0.15) is 0 Å². The Labute approximate surface area is 147 Å². The van der Waals surface area contributed by atoms with Gasteiger partial charge in [-0.3, -0.25) is 4.79 Å². The highest BCUT2D eigenvalue weighted by molar-refractivity contribution is 5.78. The highest BCUT2D eigenvalue weighted by atomic mass is 16.2. The Balaban J connectivity index is 1.65. The van der Waals surface area contributed by atoms with Crippen molar-refractivity contribution in [1.29, 1.82) is 0 Å². The van der Waals surface area contributed by atoms with Gasteiger partial charge in [0.1, 0.15) is 6.54 Å². The van der Waals surface area contributed by atoms with Gasteiger partial charge in [0.15, 0.2) is 6.54 Å². The molecule has 0 aliphatic heterocycles. The normalized spacial score (nSPS) is 31.2. The standard InChI is InChI=1S/C21H32N2O/c1-20(2)17-11-12-18(13-17)21(20,3)22-19(24)15-23(4,5)14-16-9-7-6-8-10-16/h6-10,17-18H,11-15H2,1-5H3/p+1/t17-,18+,21+/m1/s1. The van der Waals surface area contributed by atoms with E-state index in [1.807, 2.05) is 6.07 Å². The molecule has 24 heavy (non-hydrogen) atoms. The number of nitrogens with zero attached hydrogens (tertiary/aromatic N) is 1. The molecule has 132 valence electrons. The van der Waals surface area contributed by atoms with Crippen LogP contribution >= 0.6 is 0 Å². The van der Waals surface area contributed by atoms with Gasteiger partial charge in [0, 0.05) is 11.1 Å². The first-order chi connectivity index (χ1) is 11.1. The van der Waals surface area contributed by atoms with Crippen LogP contribution in [-0.2, 0) is 11.3 Å². The second-order valence-corrected chi connectivity index (χ2v) is 9.42. The van der Waals surface area contributed by atoms with E-state index in [-0.39, 0.29) is 16.9 Å². The van der Waals surface area contributed by atoms with Gasteiger partial charge < -0.3 is 9.80 Å². The van der Waals surface area contributed by atoms with E-state index in [1.165, 1.54) is 24.8 Å². The molecule has 0 radical (unpaired) electrons. The van der Waals surface area contributed by atoms with Crippen molar-refractivity contribution in [3.8, 4) is 0 Å². The number of fused-ring (bicyclic) bond motifs is 2. The number of hydrogen-bond donors (Lipinski definition) is 1. The first-order valence-corrected chi connectivity index (χ1v) is 9.31. The van der Waals surface area contributed by atoms with Gasteiger partial charge in [-0.25, -0.2) is 0 Å². The van der Waals surface area contributed by atoms with Crippen LogP contribution in [0.2, 0.25) is 0 Å². The highest BCUT2D eigenvalue weighted by Crippen LogP contribution is 2.61. The topological polar surface area (TPSA) is 29.1 Å². The zero-order valence-corrected chi connectivity index (χ0v) is 15.9. The van der Waals surface area contributed by atoms with Crippen molar-refractivity contribution in [1.82, 2.24) is 5.32 Å². The average Bonchev–Trinajstić information content (AvgIpc) is 3.02. The number of quaternary nitrogens is 1. The molecule has 2 aliphatic carbocycles. The fourth-order valence-corrected chi connectivity index (χ4v) is 5.23. The smallest absolute Gasteiger partial charge is 0.275 e. The fraction of sp³-hybridized carbons (Fsp3) is 0.667. The third-order valence-electron chi connectivity index (χ3n) is 7.03. The molecule has 0 spiro atoms. The van der Waals surface area contributed by atoms with Crippen molar-refractivity contribution in [2.75, 3.05) is 20.6 Å². The molecule has 2 saturated carbocycles. The Hall–Kier alpha value is -1.35. The van der Waals surface area contributed by atoms with Crippen molar-refractivity contribution < 1.29 is 9.28 Å². The van der Waals surface area contributed by atoms with E-state index < -0.39 is 0 Å². The molecular weight excluding hydrogens is 296 g/mol. The van der Waals surface area contributed by atoms with Gasteiger partial charge in [-0.15, -0.1) is 0 Å². The predicted molar refractivity (Wildman–Crippen MR) is 98.3 cm³/mol. The van der Waals surface area contributed by atoms with Crippen LogP contribution in [-0.4, -0.2) is 36.6 Å². The van der Waals surface area contributed by atoms with Crippen LogP contribution in [0.25, 0.3) is 0 Å². The summed E-state index contributed by atoms with van der Waals surface area (Å²) in [7, 11) is 4.28. The molecule has 3 atom stereocenters. The maximum absolute atomic E-state index is 12.8. The first-order valence-electron chi connectivity index (χ1n) is 9.31. The number of carbonyl (C=O) groups is 1. The predicted octanol–water partition coefficient (Wildman–Crippen LogP) is 3.59. The van der Waals surface area contributed by atoms with E-state index in [0.717, 1.165) is 12.5 Å². The second kappa shape index (κ2) is 5.87. The Morgan fingerprint density at radius 3 is 2.33 bits per heavy atom. The summed E-state index contributed by atoms with van der Waals surface area (Å²) in [5.74, 6) is 1.60. The number of hydrogen-bond acceptors (Lipinski definition) is 1. The molecule has 3 rings (SSSR count). The average molecular weight is 330 g/mol. The molecule has 1 aromatic rings. The summed E-state index contributed by atoms with van der Waals surface area (Å²) in [6.45, 7) is 8.38. The summed E-state index contributed by atoms with van der Waals surface area (Å²) in [6, 6.07) is 10.4. The summed E-state index contributed by atoms with van der Waals surface area (Å²) in [5.41, 5.74) is 1.42. The van der Waals surface area contributed by atoms with Gasteiger partial charge >= 0.3 is 0 Å². The molecule has 2 fully saturated rings. The van der Waals surface area contributed by atoms with Crippen molar-refractivity contribution in [3.05, 3.63) is 35.9 Å². The van der Waals surface area contributed by atoms with Crippen LogP contribution < -0.4 is 5.32 Å². The molecule has 0 saturated heterocycles. The third kappa shape index (κ3) is 2.99. The molecule has 1 amide bonds. The van der Waals surface area contributed by atoms with E-state index in [4.69, 9.17) is 0 Å². The number of nitrogens with one attached hydrogen (secondary N) is 1. The Morgan fingerprint density at radius 1 is 1.12 bits per heavy atom. The third-order valence-corrected chi connectivity index (χ3v) is 7.03. The number of rotatable bonds is 5. The number of amides is 1. The molecule has 2 aliphatic rings. The van der Waals surface area contributed by atoms with Crippen LogP contribution in [0.4, 0.5) is 0 Å². The molecule has 1 aromatic carbocycles.